The van der Waals surface area contributed by atoms with Crippen LogP contribution in [-0.2, 0) is 13.1 Å². The van der Waals surface area contributed by atoms with E-state index in [9.17, 15) is 9.90 Å². The fourth-order valence-corrected chi connectivity index (χ4v) is 3.01. The summed E-state index contributed by atoms with van der Waals surface area (Å²) in [5, 5.41) is 18.1. The lowest BCUT2D eigenvalue weighted by atomic mass is 9.94. The molecule has 2 radical (unpaired) electrons. The van der Waals surface area contributed by atoms with E-state index < -0.39 is 0 Å². The number of nitrogens with zero attached hydrogens (tertiary/aromatic N) is 2. The molecule has 3 aromatic rings. The van der Waals surface area contributed by atoms with Crippen LogP contribution in [0.25, 0.3) is 11.0 Å². The van der Waals surface area contributed by atoms with Gasteiger partial charge in [0.15, 0.2) is 5.78 Å². The van der Waals surface area contributed by atoms with E-state index >= 15 is 0 Å². The highest BCUT2D eigenvalue weighted by Gasteiger charge is 2.16. The van der Waals surface area contributed by atoms with Gasteiger partial charge >= 0.3 is 0 Å². The molecular formula is C17H15BClN3O2. The number of fused-ring (bicyclic) bond motifs is 1. The van der Waals surface area contributed by atoms with Crippen LogP contribution in [0.15, 0.2) is 42.5 Å². The van der Waals surface area contributed by atoms with Gasteiger partial charge < -0.3 is 14.2 Å². The zero-order valence-corrected chi connectivity index (χ0v) is 13.6. The van der Waals surface area contributed by atoms with Crippen molar-refractivity contribution in [2.45, 2.75) is 13.1 Å². The maximum Gasteiger partial charge on any atom is 0.203 e. The third-order valence-corrected chi connectivity index (χ3v) is 4.20. The molecule has 2 N–H and O–H groups in total. The number of aromatic nitrogens is 2. The fourth-order valence-electron chi connectivity index (χ4n) is 2.74. The van der Waals surface area contributed by atoms with Gasteiger partial charge in [-0.2, -0.15) is 0 Å². The highest BCUT2D eigenvalue weighted by Crippen LogP contribution is 2.22. The molecule has 0 amide bonds. The number of Topliss-reactive ketones (excluding diaryl/α,β-unsaturated/α-hetero) is 1. The first kappa shape index (κ1) is 16.5. The number of rotatable bonds is 5. The van der Waals surface area contributed by atoms with Gasteiger partial charge in [-0.3, -0.25) is 10.2 Å². The van der Waals surface area contributed by atoms with Crippen molar-refractivity contribution in [2.75, 3.05) is 6.61 Å². The van der Waals surface area contributed by atoms with Gasteiger partial charge in [0.1, 0.15) is 7.85 Å². The van der Waals surface area contributed by atoms with Crippen molar-refractivity contribution in [1.29, 1.82) is 5.41 Å². The minimum atomic E-state index is -0.128. The van der Waals surface area contributed by atoms with Crippen LogP contribution < -0.4 is 11.1 Å². The monoisotopic (exact) mass is 339 g/mol. The third-order valence-electron chi connectivity index (χ3n) is 3.90. The summed E-state index contributed by atoms with van der Waals surface area (Å²) in [5.74, 6) is -0.128. The van der Waals surface area contributed by atoms with Crippen molar-refractivity contribution in [3.8, 4) is 0 Å². The van der Waals surface area contributed by atoms with Crippen LogP contribution in [0.3, 0.4) is 0 Å². The molecule has 24 heavy (non-hydrogen) atoms. The smallest absolute Gasteiger partial charge is 0.203 e. The van der Waals surface area contributed by atoms with Crippen molar-refractivity contribution in [3.05, 3.63) is 58.7 Å². The first-order valence-electron chi connectivity index (χ1n) is 7.44. The predicted molar refractivity (Wildman–Crippen MR) is 94.0 cm³/mol. The van der Waals surface area contributed by atoms with Crippen molar-refractivity contribution in [3.63, 3.8) is 0 Å². The van der Waals surface area contributed by atoms with Crippen molar-refractivity contribution >= 4 is 41.7 Å². The molecule has 0 aliphatic heterocycles. The summed E-state index contributed by atoms with van der Waals surface area (Å²) in [4.78, 5) is 12.5. The van der Waals surface area contributed by atoms with E-state index in [0.717, 1.165) is 0 Å². The number of ketones is 1. The third kappa shape index (κ3) is 2.90. The number of para-hydroxylation sites is 1. The lowest BCUT2D eigenvalue weighted by Crippen LogP contribution is -2.28. The van der Waals surface area contributed by atoms with E-state index in [1.165, 1.54) is 0 Å². The number of hydrogen-bond acceptors (Lipinski definition) is 3. The van der Waals surface area contributed by atoms with Gasteiger partial charge in [-0.25, -0.2) is 0 Å². The van der Waals surface area contributed by atoms with Crippen LogP contribution in [0.1, 0.15) is 10.4 Å². The molecule has 1 heterocycles. The Kier molecular flexibility index (Phi) is 4.60. The molecule has 0 spiro atoms. The topological polar surface area (TPSA) is 71.0 Å². The standard InChI is InChI=1S/C17H15BClN3O2/c18-12-6-4-11(5-7-12)15(24)10-22-14-3-1-2-13(19)16(14)21(8-9-23)17(22)20/h1-7,20,23H,8-10H2. The van der Waals surface area contributed by atoms with E-state index in [1.807, 2.05) is 6.07 Å². The van der Waals surface area contributed by atoms with E-state index in [2.05, 4.69) is 0 Å². The van der Waals surface area contributed by atoms with Crippen molar-refractivity contribution in [1.82, 2.24) is 9.13 Å². The molecule has 0 aliphatic carbocycles. The fraction of sp³-hybridized carbons (Fsp3) is 0.176. The molecule has 0 atom stereocenters. The van der Waals surface area contributed by atoms with Gasteiger partial charge in [0.2, 0.25) is 5.62 Å². The van der Waals surface area contributed by atoms with E-state index in [0.29, 0.717) is 27.1 Å². The number of hydrogen-bond donors (Lipinski definition) is 2. The Morgan fingerprint density at radius 3 is 2.54 bits per heavy atom. The quantitative estimate of drug-likeness (QED) is 0.542. The molecule has 0 unspecified atom stereocenters. The average Bonchev–Trinajstić information content (AvgIpc) is 2.83. The highest BCUT2D eigenvalue weighted by atomic mass is 35.5. The van der Waals surface area contributed by atoms with Gasteiger partial charge in [0.25, 0.3) is 0 Å². The van der Waals surface area contributed by atoms with Gasteiger partial charge in [-0.1, -0.05) is 47.4 Å². The van der Waals surface area contributed by atoms with Gasteiger partial charge in [0.05, 0.1) is 29.2 Å². The SMILES string of the molecule is [B]c1ccc(C(=O)Cn2c(=N)n(CCO)c3c(Cl)cccc32)cc1. The van der Waals surface area contributed by atoms with Crippen LogP contribution in [-0.4, -0.2) is 34.5 Å². The molecular weight excluding hydrogens is 324 g/mol. The number of imidazole rings is 1. The molecule has 0 fully saturated rings. The van der Waals surface area contributed by atoms with Gasteiger partial charge in [-0.05, 0) is 12.1 Å². The van der Waals surface area contributed by atoms with Crippen LogP contribution in [0, 0.1) is 5.41 Å². The summed E-state index contributed by atoms with van der Waals surface area (Å²) in [5.41, 5.74) is 2.57. The van der Waals surface area contributed by atoms with E-state index in [4.69, 9.17) is 24.9 Å². The highest BCUT2D eigenvalue weighted by molar-refractivity contribution is 6.35. The number of benzene rings is 2. The average molecular weight is 340 g/mol. The van der Waals surface area contributed by atoms with Crippen LogP contribution in [0.5, 0.6) is 0 Å². The summed E-state index contributed by atoms with van der Waals surface area (Å²) >= 11 is 6.26. The summed E-state index contributed by atoms with van der Waals surface area (Å²) < 4.78 is 3.20. The summed E-state index contributed by atoms with van der Waals surface area (Å²) in [6.07, 6.45) is 0. The number of aliphatic hydroxyl groups excluding tert-OH is 1. The maximum atomic E-state index is 12.5. The first-order valence-corrected chi connectivity index (χ1v) is 7.82. The number of nitrogens with one attached hydrogen (secondary N) is 1. The number of halogens is 1. The minimum Gasteiger partial charge on any atom is -0.395 e. The van der Waals surface area contributed by atoms with Crippen LogP contribution in [0.2, 0.25) is 5.02 Å². The molecule has 5 nitrogen and oxygen atoms in total. The van der Waals surface area contributed by atoms with Gasteiger partial charge in [0, 0.05) is 12.1 Å². The zero-order chi connectivity index (χ0) is 17.3. The Hall–Kier alpha value is -2.31. The van der Waals surface area contributed by atoms with E-state index in [1.54, 1.807) is 45.5 Å². The lowest BCUT2D eigenvalue weighted by Gasteiger charge is -2.05. The molecule has 3 rings (SSSR count). The first-order chi connectivity index (χ1) is 11.5. The van der Waals surface area contributed by atoms with E-state index in [-0.39, 0.29) is 31.1 Å². The molecule has 7 heteroatoms. The van der Waals surface area contributed by atoms with Crippen LogP contribution >= 0.6 is 11.6 Å². The molecule has 120 valence electrons. The second kappa shape index (κ2) is 6.67. The van der Waals surface area contributed by atoms with Crippen molar-refractivity contribution in [2.24, 2.45) is 0 Å². The second-order valence-corrected chi connectivity index (χ2v) is 5.84. The zero-order valence-electron chi connectivity index (χ0n) is 12.9. The summed E-state index contributed by atoms with van der Waals surface area (Å²) in [6, 6.07) is 12.0. The number of aliphatic hydroxyl groups is 1. The van der Waals surface area contributed by atoms with Gasteiger partial charge in [-0.15, -0.1) is 0 Å². The Morgan fingerprint density at radius 2 is 1.88 bits per heavy atom. The molecule has 0 saturated heterocycles. The molecule has 2 aromatic carbocycles. The predicted octanol–water partition coefficient (Wildman–Crippen LogP) is 1.24. The molecule has 0 saturated carbocycles. The number of carbonyl (C=O) groups excluding carboxylic acids is 1. The Bertz CT molecular complexity index is 960. The Morgan fingerprint density at radius 1 is 1.17 bits per heavy atom. The number of carbonyl (C=O) groups is 1. The maximum absolute atomic E-state index is 12.5. The normalized spacial score (nSPS) is 11.1. The summed E-state index contributed by atoms with van der Waals surface area (Å²) in [7, 11) is 5.64. The molecule has 0 bridgehead atoms. The second-order valence-electron chi connectivity index (χ2n) is 5.44. The van der Waals surface area contributed by atoms with Crippen LogP contribution in [0.4, 0.5) is 0 Å². The summed E-state index contributed by atoms with van der Waals surface area (Å²) in [6.45, 7) is 0.132. The Balaban J connectivity index is 2.08. The largest absolute Gasteiger partial charge is 0.395 e. The minimum absolute atomic E-state index is 0.0119. The van der Waals surface area contributed by atoms with Crippen molar-refractivity contribution < 1.29 is 9.90 Å². The molecule has 0 aliphatic rings. The Labute approximate surface area is 145 Å². The lowest BCUT2D eigenvalue weighted by molar-refractivity contribution is 0.0971. The molecule has 1 aromatic heterocycles.